The molecule has 2 saturated heterocycles. The van der Waals surface area contributed by atoms with Crippen molar-refractivity contribution in [2.24, 2.45) is 0 Å². The van der Waals surface area contributed by atoms with Crippen molar-refractivity contribution < 1.29 is 28.5 Å². The maximum Gasteiger partial charge on any atom is 0.330 e. The van der Waals surface area contributed by atoms with E-state index in [0.717, 1.165) is 6.08 Å². The van der Waals surface area contributed by atoms with Gasteiger partial charge in [0.15, 0.2) is 11.6 Å². The Morgan fingerprint density at radius 1 is 1.08 bits per heavy atom. The summed E-state index contributed by atoms with van der Waals surface area (Å²) < 4.78 is 29.3. The summed E-state index contributed by atoms with van der Waals surface area (Å²) in [5, 5.41) is 0. The van der Waals surface area contributed by atoms with Crippen molar-refractivity contribution in [1.82, 2.24) is 0 Å². The average molecular weight is 366 g/mol. The van der Waals surface area contributed by atoms with Crippen molar-refractivity contribution in [3.63, 3.8) is 0 Å². The van der Waals surface area contributed by atoms with E-state index in [-0.39, 0.29) is 24.4 Å². The number of carbonyl (C=O) groups is 1. The largest absolute Gasteiger partial charge is 0.455 e. The van der Waals surface area contributed by atoms with Crippen LogP contribution in [0.4, 0.5) is 0 Å². The first-order valence-electron chi connectivity index (χ1n) is 8.90. The summed E-state index contributed by atoms with van der Waals surface area (Å²) in [6.45, 7) is 16.6. The van der Waals surface area contributed by atoms with E-state index in [2.05, 4.69) is 13.2 Å². The molecule has 2 fully saturated rings. The minimum Gasteiger partial charge on any atom is -0.455 e. The molecule has 2 aliphatic rings. The Morgan fingerprint density at radius 3 is 2.23 bits per heavy atom. The number of hydrogen-bond acceptors (Lipinski definition) is 6. The lowest BCUT2D eigenvalue weighted by molar-refractivity contribution is -0.174. The molecule has 0 radical (unpaired) electrons. The van der Waals surface area contributed by atoms with Crippen molar-refractivity contribution in [3.05, 3.63) is 37.5 Å². The van der Waals surface area contributed by atoms with E-state index in [4.69, 9.17) is 23.7 Å². The van der Waals surface area contributed by atoms with Gasteiger partial charge in [0.05, 0.1) is 6.10 Å². The van der Waals surface area contributed by atoms with Crippen LogP contribution in [-0.2, 0) is 28.5 Å². The Bertz CT molecular complexity index is 565. The Kier molecular flexibility index (Phi) is 6.45. The zero-order valence-electron chi connectivity index (χ0n) is 16.3. The minimum absolute atomic E-state index is 0.133. The van der Waals surface area contributed by atoms with Gasteiger partial charge in [0.1, 0.15) is 24.4 Å². The smallest absolute Gasteiger partial charge is 0.330 e. The molecule has 0 aliphatic carbocycles. The Balaban J connectivity index is 2.14. The molecule has 0 spiro atoms. The molecule has 0 bridgehead atoms. The lowest BCUT2D eigenvalue weighted by Gasteiger charge is -2.24. The summed E-state index contributed by atoms with van der Waals surface area (Å²) in [4.78, 5) is 11.5. The molecular formula is C20H30O6. The maximum absolute atomic E-state index is 11.5. The topological polar surface area (TPSA) is 63.2 Å². The lowest BCUT2D eigenvalue weighted by Crippen LogP contribution is -2.40. The fourth-order valence-corrected chi connectivity index (χ4v) is 3.28. The molecule has 6 nitrogen and oxygen atoms in total. The lowest BCUT2D eigenvalue weighted by atomic mass is 10.0. The highest BCUT2D eigenvalue weighted by atomic mass is 16.8. The minimum atomic E-state index is -0.749. The van der Waals surface area contributed by atoms with Gasteiger partial charge in [-0.1, -0.05) is 18.7 Å². The Hall–Kier alpha value is -1.47. The van der Waals surface area contributed by atoms with Gasteiger partial charge in [0.25, 0.3) is 0 Å². The van der Waals surface area contributed by atoms with Gasteiger partial charge in [-0.2, -0.15) is 0 Å². The molecule has 0 N–H and O–H groups in total. The summed E-state index contributed by atoms with van der Waals surface area (Å²) in [6, 6.07) is 0. The maximum atomic E-state index is 11.5. The standard InChI is InChI=1S/C20H30O6/c1-8-10-14(22-16(21)9-2)11-12-15-18(26-20(6,7)24-15)17-13(3)23-19(4,5)25-17/h8-9,11-15,17-18H,1-2,10H2,3-7H3/b12-11+/t13-,14+,15+,17-,18-/m0/s1. The van der Waals surface area contributed by atoms with Gasteiger partial charge >= 0.3 is 5.97 Å². The van der Waals surface area contributed by atoms with Crippen molar-refractivity contribution in [1.29, 1.82) is 0 Å². The molecule has 0 amide bonds. The van der Waals surface area contributed by atoms with Crippen LogP contribution in [0.3, 0.4) is 0 Å². The van der Waals surface area contributed by atoms with Gasteiger partial charge in [0.2, 0.25) is 0 Å². The van der Waals surface area contributed by atoms with E-state index in [1.807, 2.05) is 40.7 Å². The van der Waals surface area contributed by atoms with Gasteiger partial charge in [0, 0.05) is 12.5 Å². The van der Waals surface area contributed by atoms with Crippen LogP contribution in [0.25, 0.3) is 0 Å². The zero-order chi connectivity index (χ0) is 19.5. The molecule has 26 heavy (non-hydrogen) atoms. The highest BCUT2D eigenvalue weighted by molar-refractivity contribution is 5.81. The van der Waals surface area contributed by atoms with E-state index < -0.39 is 23.6 Å². The van der Waals surface area contributed by atoms with Crippen LogP contribution >= 0.6 is 0 Å². The highest BCUT2D eigenvalue weighted by Crippen LogP contribution is 2.38. The van der Waals surface area contributed by atoms with Crippen LogP contribution < -0.4 is 0 Å². The fourth-order valence-electron chi connectivity index (χ4n) is 3.28. The zero-order valence-corrected chi connectivity index (χ0v) is 16.3. The predicted octanol–water partition coefficient (Wildman–Crippen LogP) is 3.28. The first kappa shape index (κ1) is 20.8. The van der Waals surface area contributed by atoms with Crippen molar-refractivity contribution >= 4 is 5.97 Å². The number of hydrogen-bond donors (Lipinski definition) is 0. The van der Waals surface area contributed by atoms with Crippen LogP contribution in [0.15, 0.2) is 37.5 Å². The first-order valence-corrected chi connectivity index (χ1v) is 8.90. The summed E-state index contributed by atoms with van der Waals surface area (Å²) in [5.41, 5.74) is 0. The van der Waals surface area contributed by atoms with Crippen LogP contribution in [0.5, 0.6) is 0 Å². The van der Waals surface area contributed by atoms with Crippen LogP contribution in [0.1, 0.15) is 41.0 Å². The Morgan fingerprint density at radius 2 is 1.69 bits per heavy atom. The second-order valence-corrected chi connectivity index (χ2v) is 7.46. The average Bonchev–Trinajstić information content (AvgIpc) is 2.99. The third kappa shape index (κ3) is 5.27. The van der Waals surface area contributed by atoms with Crippen LogP contribution in [-0.4, -0.2) is 48.1 Å². The highest BCUT2D eigenvalue weighted by Gasteiger charge is 2.51. The molecule has 0 unspecified atom stereocenters. The summed E-state index contributed by atoms with van der Waals surface area (Å²) in [5.74, 6) is -1.90. The van der Waals surface area contributed by atoms with Gasteiger partial charge in [-0.25, -0.2) is 4.79 Å². The van der Waals surface area contributed by atoms with E-state index in [9.17, 15) is 4.79 Å². The summed E-state index contributed by atoms with van der Waals surface area (Å²) >= 11 is 0. The van der Waals surface area contributed by atoms with Crippen LogP contribution in [0.2, 0.25) is 0 Å². The van der Waals surface area contributed by atoms with Gasteiger partial charge in [-0.05, 0) is 40.7 Å². The molecule has 0 aromatic carbocycles. The van der Waals surface area contributed by atoms with Gasteiger partial charge < -0.3 is 23.7 Å². The molecule has 0 saturated carbocycles. The monoisotopic (exact) mass is 366 g/mol. The van der Waals surface area contributed by atoms with E-state index in [1.165, 1.54) is 0 Å². The molecule has 2 heterocycles. The summed E-state index contributed by atoms with van der Waals surface area (Å²) in [7, 11) is 0. The molecule has 0 aromatic rings. The van der Waals surface area contributed by atoms with E-state index >= 15 is 0 Å². The second-order valence-electron chi connectivity index (χ2n) is 7.46. The van der Waals surface area contributed by atoms with E-state index in [0.29, 0.717) is 6.42 Å². The molecule has 6 heteroatoms. The van der Waals surface area contributed by atoms with E-state index in [1.54, 1.807) is 12.2 Å². The van der Waals surface area contributed by atoms with Gasteiger partial charge in [-0.15, -0.1) is 6.58 Å². The second kappa shape index (κ2) is 8.05. The molecule has 2 aliphatic heterocycles. The quantitative estimate of drug-likeness (QED) is 0.391. The third-order valence-electron chi connectivity index (χ3n) is 4.19. The number of esters is 1. The number of ether oxygens (including phenoxy) is 5. The SMILES string of the molecule is C=CC[C@H](/C=C/[C@H]1OC(C)(C)O[C@@H]1[C@H]1OC(C)(C)O[C@H]1C)OC(=O)C=C. The molecule has 2 rings (SSSR count). The Labute approximate surface area is 155 Å². The number of rotatable bonds is 7. The van der Waals surface area contributed by atoms with Crippen molar-refractivity contribution in [2.45, 2.75) is 83.1 Å². The van der Waals surface area contributed by atoms with Gasteiger partial charge in [-0.3, -0.25) is 0 Å². The normalized spacial score (nSPS) is 33.9. The molecular weight excluding hydrogens is 336 g/mol. The summed E-state index contributed by atoms with van der Waals surface area (Å²) in [6.07, 6.45) is 5.42. The molecule has 146 valence electrons. The van der Waals surface area contributed by atoms with Crippen molar-refractivity contribution in [2.75, 3.05) is 0 Å². The predicted molar refractivity (Wildman–Crippen MR) is 97.4 cm³/mol. The number of carbonyl (C=O) groups excluding carboxylic acids is 1. The molecule has 0 aromatic heterocycles. The third-order valence-corrected chi connectivity index (χ3v) is 4.19. The first-order chi connectivity index (χ1) is 12.1. The van der Waals surface area contributed by atoms with Crippen LogP contribution in [0, 0.1) is 0 Å². The molecule has 5 atom stereocenters. The van der Waals surface area contributed by atoms with Crippen molar-refractivity contribution in [3.8, 4) is 0 Å². The fraction of sp³-hybridized carbons (Fsp3) is 0.650.